The lowest BCUT2D eigenvalue weighted by Gasteiger charge is -2.25. The fourth-order valence-electron chi connectivity index (χ4n) is 5.64. The van der Waals surface area contributed by atoms with Gasteiger partial charge in [0.05, 0.1) is 0 Å². The molecule has 0 saturated heterocycles. The minimum atomic E-state index is 0.913. The smallest absolute Gasteiger partial charge is 0.0388 e. The summed E-state index contributed by atoms with van der Waals surface area (Å²) in [5, 5.41) is 0. The molecule has 6 unspecified atom stereocenters. The van der Waals surface area contributed by atoms with Gasteiger partial charge in [0.15, 0.2) is 0 Å². The van der Waals surface area contributed by atoms with Gasteiger partial charge in [0.25, 0.3) is 0 Å². The van der Waals surface area contributed by atoms with Crippen LogP contribution >= 0.6 is 0 Å². The summed E-state index contributed by atoms with van der Waals surface area (Å²) in [5.41, 5.74) is 0. The van der Waals surface area contributed by atoms with E-state index < -0.39 is 0 Å². The zero-order chi connectivity index (χ0) is 17.7. The van der Waals surface area contributed by atoms with Crippen LogP contribution in [0.25, 0.3) is 0 Å². The van der Waals surface area contributed by atoms with Crippen molar-refractivity contribution in [3.05, 3.63) is 0 Å². The van der Waals surface area contributed by atoms with E-state index in [1.807, 2.05) is 0 Å². The first-order valence-corrected chi connectivity index (χ1v) is 11.3. The zero-order valence-electron chi connectivity index (χ0n) is 17.7. The van der Waals surface area contributed by atoms with Gasteiger partial charge in [-0.2, -0.15) is 0 Å². The number of hydrogen-bond donors (Lipinski definition) is 0. The quantitative estimate of drug-likeness (QED) is 0.320. The maximum atomic E-state index is 2.51. The standard InChI is InChI=1S/C24H46/c1-17(12-19(3)14-21(5)16-23-7-8-23)11-18(2)13-20(4)15-22(6)24-9-10-24/h17-24H,7-16H2,1-6H3. The van der Waals surface area contributed by atoms with Gasteiger partial charge in [0.1, 0.15) is 0 Å². The topological polar surface area (TPSA) is 0 Å². The molecular formula is C24H46. The van der Waals surface area contributed by atoms with Crippen molar-refractivity contribution in [2.45, 2.75) is 106 Å². The van der Waals surface area contributed by atoms with E-state index in [0.29, 0.717) is 0 Å². The zero-order valence-corrected chi connectivity index (χ0v) is 17.7. The van der Waals surface area contributed by atoms with Gasteiger partial charge in [-0.3, -0.25) is 0 Å². The predicted molar refractivity (Wildman–Crippen MR) is 108 cm³/mol. The van der Waals surface area contributed by atoms with Crippen LogP contribution < -0.4 is 0 Å². The van der Waals surface area contributed by atoms with Crippen LogP contribution in [-0.2, 0) is 0 Å². The second-order valence-corrected chi connectivity index (χ2v) is 10.7. The second-order valence-electron chi connectivity index (χ2n) is 10.7. The Labute approximate surface area is 153 Å². The van der Waals surface area contributed by atoms with Crippen molar-refractivity contribution in [2.24, 2.45) is 47.3 Å². The molecule has 0 bridgehead atoms. The molecular weight excluding hydrogens is 288 g/mol. The first kappa shape index (κ1) is 20.3. The van der Waals surface area contributed by atoms with Crippen LogP contribution in [0.1, 0.15) is 106 Å². The molecule has 2 aliphatic rings. The molecule has 0 spiro atoms. The highest BCUT2D eigenvalue weighted by Crippen LogP contribution is 2.40. The van der Waals surface area contributed by atoms with Crippen molar-refractivity contribution < 1.29 is 0 Å². The van der Waals surface area contributed by atoms with E-state index in [1.54, 1.807) is 0 Å². The van der Waals surface area contributed by atoms with Crippen molar-refractivity contribution in [3.8, 4) is 0 Å². The Bertz CT molecular complexity index is 338. The molecule has 0 heterocycles. The van der Waals surface area contributed by atoms with Crippen LogP contribution in [0.15, 0.2) is 0 Å². The fraction of sp³-hybridized carbons (Fsp3) is 1.00. The van der Waals surface area contributed by atoms with E-state index in [2.05, 4.69) is 41.5 Å². The molecule has 6 atom stereocenters. The highest BCUT2D eigenvalue weighted by Gasteiger charge is 2.29. The largest absolute Gasteiger partial charge is 0.0625 e. The average Bonchev–Trinajstić information content (AvgIpc) is 3.32. The average molecular weight is 335 g/mol. The van der Waals surface area contributed by atoms with E-state index >= 15 is 0 Å². The summed E-state index contributed by atoms with van der Waals surface area (Å²) < 4.78 is 0. The minimum absolute atomic E-state index is 0.913. The summed E-state index contributed by atoms with van der Waals surface area (Å²) in [6.07, 6.45) is 14.8. The van der Waals surface area contributed by atoms with E-state index in [9.17, 15) is 0 Å². The molecule has 0 aromatic rings. The molecule has 2 aliphatic carbocycles. The molecule has 0 aromatic heterocycles. The molecule has 0 aliphatic heterocycles. The van der Waals surface area contributed by atoms with Gasteiger partial charge < -0.3 is 0 Å². The Hall–Kier alpha value is 0. The molecule has 24 heavy (non-hydrogen) atoms. The van der Waals surface area contributed by atoms with Crippen molar-refractivity contribution >= 4 is 0 Å². The third-order valence-corrected chi connectivity index (χ3v) is 6.85. The third kappa shape index (κ3) is 8.39. The van der Waals surface area contributed by atoms with Gasteiger partial charge in [-0.05, 0) is 98.7 Å². The van der Waals surface area contributed by atoms with Crippen molar-refractivity contribution in [3.63, 3.8) is 0 Å². The molecule has 0 heteroatoms. The normalized spacial score (nSPS) is 25.8. The number of hydrogen-bond acceptors (Lipinski definition) is 0. The molecule has 2 rings (SSSR count). The predicted octanol–water partition coefficient (Wildman–Crippen LogP) is 7.96. The number of rotatable bonds is 13. The minimum Gasteiger partial charge on any atom is -0.0625 e. The van der Waals surface area contributed by atoms with E-state index in [0.717, 1.165) is 47.3 Å². The SMILES string of the molecule is CC(CC(C)CC(C)CC1CC1)CC(C)CC(C)CC(C)C1CC1. The van der Waals surface area contributed by atoms with Gasteiger partial charge in [-0.15, -0.1) is 0 Å². The summed E-state index contributed by atoms with van der Waals surface area (Å²) >= 11 is 0. The van der Waals surface area contributed by atoms with Crippen LogP contribution in [0.5, 0.6) is 0 Å². The maximum absolute atomic E-state index is 2.51. The highest BCUT2D eigenvalue weighted by atomic mass is 14.3. The van der Waals surface area contributed by atoms with Crippen LogP contribution in [0.4, 0.5) is 0 Å². The summed E-state index contributed by atoms with van der Waals surface area (Å²) in [6, 6.07) is 0. The van der Waals surface area contributed by atoms with Gasteiger partial charge in [0.2, 0.25) is 0 Å². The van der Waals surface area contributed by atoms with Gasteiger partial charge in [-0.1, -0.05) is 54.4 Å². The molecule has 0 nitrogen and oxygen atoms in total. The second kappa shape index (κ2) is 9.63. The van der Waals surface area contributed by atoms with E-state index in [4.69, 9.17) is 0 Å². The Balaban J connectivity index is 1.56. The van der Waals surface area contributed by atoms with Crippen molar-refractivity contribution in [1.29, 1.82) is 0 Å². The first-order chi connectivity index (χ1) is 11.3. The Kier molecular flexibility index (Phi) is 8.15. The monoisotopic (exact) mass is 334 g/mol. The lowest BCUT2D eigenvalue weighted by Crippen LogP contribution is -2.13. The lowest BCUT2D eigenvalue weighted by atomic mass is 9.81. The molecule has 0 radical (unpaired) electrons. The summed E-state index contributed by atoms with van der Waals surface area (Å²) in [7, 11) is 0. The van der Waals surface area contributed by atoms with Crippen LogP contribution in [0.2, 0.25) is 0 Å². The Morgan fingerprint density at radius 1 is 0.542 bits per heavy atom. The Morgan fingerprint density at radius 3 is 1.38 bits per heavy atom. The molecule has 142 valence electrons. The van der Waals surface area contributed by atoms with E-state index in [1.165, 1.54) is 64.2 Å². The molecule has 2 fully saturated rings. The van der Waals surface area contributed by atoms with Gasteiger partial charge in [-0.25, -0.2) is 0 Å². The molecule has 0 aromatic carbocycles. The van der Waals surface area contributed by atoms with Crippen LogP contribution in [0, 0.1) is 47.3 Å². The third-order valence-electron chi connectivity index (χ3n) is 6.85. The fourth-order valence-corrected chi connectivity index (χ4v) is 5.64. The highest BCUT2D eigenvalue weighted by molar-refractivity contribution is 4.80. The van der Waals surface area contributed by atoms with Gasteiger partial charge in [0, 0.05) is 0 Å². The van der Waals surface area contributed by atoms with Crippen LogP contribution in [-0.4, -0.2) is 0 Å². The molecule has 2 saturated carbocycles. The van der Waals surface area contributed by atoms with Gasteiger partial charge >= 0.3 is 0 Å². The summed E-state index contributed by atoms with van der Waals surface area (Å²) in [5.74, 6) is 7.81. The molecule has 0 N–H and O–H groups in total. The lowest BCUT2D eigenvalue weighted by molar-refractivity contribution is 0.265. The summed E-state index contributed by atoms with van der Waals surface area (Å²) in [6.45, 7) is 15.0. The molecule has 0 amide bonds. The first-order valence-electron chi connectivity index (χ1n) is 11.3. The van der Waals surface area contributed by atoms with Crippen LogP contribution in [0.3, 0.4) is 0 Å². The van der Waals surface area contributed by atoms with Crippen molar-refractivity contribution in [2.75, 3.05) is 0 Å². The maximum Gasteiger partial charge on any atom is -0.0388 e. The van der Waals surface area contributed by atoms with Crippen molar-refractivity contribution in [1.82, 2.24) is 0 Å². The summed E-state index contributed by atoms with van der Waals surface area (Å²) in [4.78, 5) is 0. The van der Waals surface area contributed by atoms with E-state index in [-0.39, 0.29) is 0 Å². The Morgan fingerprint density at radius 2 is 0.958 bits per heavy atom.